The van der Waals surface area contributed by atoms with E-state index in [-0.39, 0.29) is 0 Å². The van der Waals surface area contributed by atoms with E-state index in [1.807, 2.05) is 12.4 Å². The average Bonchev–Trinajstić information content (AvgIpc) is 2.77. The predicted molar refractivity (Wildman–Crippen MR) is 72.4 cm³/mol. The van der Waals surface area contributed by atoms with E-state index in [1.54, 1.807) is 0 Å². The van der Waals surface area contributed by atoms with Gasteiger partial charge in [0, 0.05) is 24.7 Å². The average molecular weight is 244 g/mol. The van der Waals surface area contributed by atoms with Gasteiger partial charge < -0.3 is 10.3 Å². The number of fused-ring (bicyclic) bond motifs is 1. The highest BCUT2D eigenvalue weighted by Gasteiger charge is 2.25. The lowest BCUT2D eigenvalue weighted by Gasteiger charge is -2.26. The molecule has 2 aromatic rings. The molecule has 0 aliphatic heterocycles. The second kappa shape index (κ2) is 4.69. The molecule has 1 aliphatic carbocycles. The largest absolute Gasteiger partial charge is 0.328 e. The van der Waals surface area contributed by atoms with Gasteiger partial charge in [0.2, 0.25) is 0 Å². The van der Waals surface area contributed by atoms with Crippen LogP contribution in [0.1, 0.15) is 44.3 Å². The molecule has 0 radical (unpaired) electrons. The minimum absolute atomic E-state index is 0.340. The summed E-state index contributed by atoms with van der Waals surface area (Å²) in [6.07, 6.45) is 8.35. The lowest BCUT2D eigenvalue weighted by Crippen LogP contribution is -2.28. The fourth-order valence-electron chi connectivity index (χ4n) is 3.11. The quantitative estimate of drug-likeness (QED) is 0.882. The highest BCUT2D eigenvalue weighted by Crippen LogP contribution is 2.33. The van der Waals surface area contributed by atoms with Gasteiger partial charge in [-0.25, -0.2) is 4.98 Å². The third kappa shape index (κ3) is 1.90. The first kappa shape index (κ1) is 11.7. The summed E-state index contributed by atoms with van der Waals surface area (Å²) in [5.41, 5.74) is 8.30. The van der Waals surface area contributed by atoms with Crippen LogP contribution in [0, 0.1) is 0 Å². The molecule has 2 aromatic heterocycles. The fraction of sp³-hybridized carbons (Fsp3) is 0.571. The van der Waals surface area contributed by atoms with Gasteiger partial charge in [0.05, 0.1) is 11.7 Å². The Morgan fingerprint density at radius 3 is 3.11 bits per heavy atom. The number of aryl methyl sites for hydroxylation is 1. The minimum atomic E-state index is 0.340. The van der Waals surface area contributed by atoms with E-state index >= 15 is 0 Å². The number of nitrogens with two attached hydrogens (primary N) is 1. The molecule has 2 unspecified atom stereocenters. The molecule has 2 heterocycles. The summed E-state index contributed by atoms with van der Waals surface area (Å²) in [6, 6.07) is 2.39. The van der Waals surface area contributed by atoms with Crippen LogP contribution in [0.15, 0.2) is 18.5 Å². The van der Waals surface area contributed by atoms with Crippen molar-refractivity contribution < 1.29 is 0 Å². The number of nitrogens with zero attached hydrogens (tertiary/aromatic N) is 3. The standard InChI is InChI=1S/C14H20N4/c1-2-18-13-6-7-16-9-12(13)17-14(18)10-4-3-5-11(15)8-10/h6-7,9-11H,2-5,8,15H2,1H3. The van der Waals surface area contributed by atoms with Gasteiger partial charge in [0.15, 0.2) is 0 Å². The van der Waals surface area contributed by atoms with Crippen molar-refractivity contribution in [3.05, 3.63) is 24.3 Å². The Morgan fingerprint density at radius 2 is 2.33 bits per heavy atom. The van der Waals surface area contributed by atoms with Crippen LogP contribution in [0.3, 0.4) is 0 Å². The summed E-state index contributed by atoms with van der Waals surface area (Å²) in [4.78, 5) is 8.95. The Hall–Kier alpha value is -1.42. The van der Waals surface area contributed by atoms with Crippen LogP contribution in [0.4, 0.5) is 0 Å². The Balaban J connectivity index is 2.05. The van der Waals surface area contributed by atoms with E-state index in [0.717, 1.165) is 24.9 Å². The van der Waals surface area contributed by atoms with Crippen molar-refractivity contribution >= 4 is 11.0 Å². The van der Waals surface area contributed by atoms with Gasteiger partial charge in [-0.05, 0) is 32.3 Å². The van der Waals surface area contributed by atoms with Gasteiger partial charge in [-0.2, -0.15) is 0 Å². The highest BCUT2D eigenvalue weighted by atomic mass is 15.1. The number of rotatable bonds is 2. The Bertz CT molecular complexity index is 546. The van der Waals surface area contributed by atoms with Crippen molar-refractivity contribution in [1.29, 1.82) is 0 Å². The summed E-state index contributed by atoms with van der Waals surface area (Å²) < 4.78 is 2.32. The Labute approximate surface area is 107 Å². The zero-order chi connectivity index (χ0) is 12.5. The monoisotopic (exact) mass is 244 g/mol. The predicted octanol–water partition coefficient (Wildman–Crippen LogP) is 2.44. The van der Waals surface area contributed by atoms with E-state index in [4.69, 9.17) is 10.7 Å². The number of hydrogen-bond acceptors (Lipinski definition) is 3. The van der Waals surface area contributed by atoms with Crippen LogP contribution in [0.25, 0.3) is 11.0 Å². The minimum Gasteiger partial charge on any atom is -0.328 e. The molecule has 4 nitrogen and oxygen atoms in total. The van der Waals surface area contributed by atoms with Crippen LogP contribution < -0.4 is 5.73 Å². The molecule has 0 bridgehead atoms. The molecular weight excluding hydrogens is 224 g/mol. The molecule has 0 amide bonds. The Kier molecular flexibility index (Phi) is 3.04. The maximum atomic E-state index is 6.10. The molecule has 0 spiro atoms. The van der Waals surface area contributed by atoms with E-state index in [2.05, 4.69) is 22.5 Å². The van der Waals surface area contributed by atoms with Gasteiger partial charge >= 0.3 is 0 Å². The highest BCUT2D eigenvalue weighted by molar-refractivity contribution is 5.74. The van der Waals surface area contributed by atoms with Crippen molar-refractivity contribution in [3.8, 4) is 0 Å². The molecule has 2 atom stereocenters. The number of imidazole rings is 1. The van der Waals surface area contributed by atoms with Crippen molar-refractivity contribution in [3.63, 3.8) is 0 Å². The second-order valence-electron chi connectivity index (χ2n) is 5.20. The molecule has 0 aromatic carbocycles. The molecule has 0 saturated heterocycles. The van der Waals surface area contributed by atoms with Crippen LogP contribution in [0.5, 0.6) is 0 Å². The van der Waals surface area contributed by atoms with Crippen molar-refractivity contribution in [2.45, 2.75) is 51.1 Å². The van der Waals surface area contributed by atoms with Crippen molar-refractivity contribution in [2.75, 3.05) is 0 Å². The molecule has 18 heavy (non-hydrogen) atoms. The first-order valence-corrected chi connectivity index (χ1v) is 6.85. The van der Waals surface area contributed by atoms with Crippen molar-refractivity contribution in [2.24, 2.45) is 5.73 Å². The third-order valence-electron chi connectivity index (χ3n) is 3.98. The topological polar surface area (TPSA) is 56.7 Å². The number of pyridine rings is 1. The zero-order valence-corrected chi connectivity index (χ0v) is 10.8. The molecular formula is C14H20N4. The van der Waals surface area contributed by atoms with Crippen molar-refractivity contribution in [1.82, 2.24) is 14.5 Å². The third-order valence-corrected chi connectivity index (χ3v) is 3.98. The molecule has 3 rings (SSSR count). The van der Waals surface area contributed by atoms with Crippen LogP contribution >= 0.6 is 0 Å². The summed E-state index contributed by atoms with van der Waals surface area (Å²) in [5.74, 6) is 1.72. The summed E-state index contributed by atoms with van der Waals surface area (Å²) in [7, 11) is 0. The van der Waals surface area contributed by atoms with Crippen LogP contribution in [-0.4, -0.2) is 20.6 Å². The van der Waals surface area contributed by atoms with Gasteiger partial charge in [-0.1, -0.05) is 6.42 Å². The van der Waals surface area contributed by atoms with Gasteiger partial charge in [0.1, 0.15) is 11.3 Å². The summed E-state index contributed by atoms with van der Waals surface area (Å²) in [5, 5.41) is 0. The van der Waals surface area contributed by atoms with E-state index in [0.29, 0.717) is 12.0 Å². The van der Waals surface area contributed by atoms with Gasteiger partial charge in [-0.15, -0.1) is 0 Å². The zero-order valence-electron chi connectivity index (χ0n) is 10.8. The van der Waals surface area contributed by atoms with Crippen LogP contribution in [0.2, 0.25) is 0 Å². The van der Waals surface area contributed by atoms with E-state index < -0.39 is 0 Å². The summed E-state index contributed by atoms with van der Waals surface area (Å²) in [6.45, 7) is 3.13. The lowest BCUT2D eigenvalue weighted by molar-refractivity contribution is 0.375. The molecule has 1 saturated carbocycles. The van der Waals surface area contributed by atoms with E-state index in [9.17, 15) is 0 Å². The first-order chi connectivity index (χ1) is 8.79. The normalized spacial score (nSPS) is 24.6. The second-order valence-corrected chi connectivity index (χ2v) is 5.20. The van der Waals surface area contributed by atoms with Gasteiger partial charge in [-0.3, -0.25) is 4.98 Å². The molecule has 1 fully saturated rings. The van der Waals surface area contributed by atoms with Gasteiger partial charge in [0.25, 0.3) is 0 Å². The fourth-order valence-corrected chi connectivity index (χ4v) is 3.11. The SMILES string of the molecule is CCn1c(C2CCCC(N)C2)nc2cnccc21. The molecule has 4 heteroatoms. The Morgan fingerprint density at radius 1 is 1.44 bits per heavy atom. The first-order valence-electron chi connectivity index (χ1n) is 6.85. The van der Waals surface area contributed by atoms with Crippen LogP contribution in [-0.2, 0) is 6.54 Å². The number of aromatic nitrogens is 3. The molecule has 96 valence electrons. The maximum Gasteiger partial charge on any atom is 0.113 e. The maximum absolute atomic E-state index is 6.10. The molecule has 2 N–H and O–H groups in total. The number of hydrogen-bond donors (Lipinski definition) is 1. The molecule has 1 aliphatic rings. The smallest absolute Gasteiger partial charge is 0.113 e. The summed E-state index contributed by atoms with van der Waals surface area (Å²) >= 11 is 0. The lowest BCUT2D eigenvalue weighted by atomic mass is 9.85. The van der Waals surface area contributed by atoms with E-state index in [1.165, 1.54) is 24.2 Å².